The van der Waals surface area contributed by atoms with E-state index in [1.807, 2.05) is 12.2 Å². The molecule has 3 nitrogen and oxygen atoms in total. The number of likely N-dealkylation sites (N-methyl/N-ethyl adjacent to an activating group) is 1. The fourth-order valence-corrected chi connectivity index (χ4v) is 1.97. The number of carbonyl (C=O) groups is 2. The van der Waals surface area contributed by atoms with Crippen LogP contribution in [0.5, 0.6) is 0 Å². The molecule has 0 radical (unpaired) electrons. The van der Waals surface area contributed by atoms with E-state index in [1.165, 1.54) is 11.9 Å². The number of rotatable bonds is 0. The van der Waals surface area contributed by atoms with Gasteiger partial charge < -0.3 is 0 Å². The van der Waals surface area contributed by atoms with Crippen molar-refractivity contribution in [3.63, 3.8) is 0 Å². The van der Waals surface area contributed by atoms with E-state index in [0.29, 0.717) is 17.6 Å². The van der Waals surface area contributed by atoms with Crippen molar-refractivity contribution < 1.29 is 9.59 Å². The molecule has 1 aliphatic carbocycles. The van der Waals surface area contributed by atoms with E-state index in [-0.39, 0.29) is 17.2 Å². The van der Waals surface area contributed by atoms with E-state index in [1.54, 1.807) is 0 Å². The Morgan fingerprint density at radius 1 is 1.27 bits per heavy atom. The van der Waals surface area contributed by atoms with Crippen LogP contribution >= 0.6 is 0 Å². The lowest BCUT2D eigenvalue weighted by molar-refractivity contribution is -0.135. The van der Waals surface area contributed by atoms with Gasteiger partial charge in [0.1, 0.15) is 0 Å². The first-order valence-corrected chi connectivity index (χ1v) is 5.17. The van der Waals surface area contributed by atoms with Crippen molar-refractivity contribution in [3.8, 4) is 0 Å². The van der Waals surface area contributed by atoms with Crippen molar-refractivity contribution in [2.75, 3.05) is 7.05 Å². The highest BCUT2D eigenvalue weighted by atomic mass is 16.2. The molecule has 0 aromatic rings. The van der Waals surface area contributed by atoms with Crippen LogP contribution in [0.1, 0.15) is 26.7 Å². The SMILES string of the molecule is CN1C(=O)C2=C(CCC(C)(C)C=C2)C1=O. The topological polar surface area (TPSA) is 37.4 Å². The number of imide groups is 1. The molecule has 0 unspecified atom stereocenters. The van der Waals surface area contributed by atoms with Crippen LogP contribution in [-0.4, -0.2) is 23.8 Å². The van der Waals surface area contributed by atoms with E-state index in [4.69, 9.17) is 0 Å². The van der Waals surface area contributed by atoms with Crippen molar-refractivity contribution in [1.82, 2.24) is 4.90 Å². The third-order valence-corrected chi connectivity index (χ3v) is 3.14. The fourth-order valence-electron chi connectivity index (χ4n) is 1.97. The molecule has 0 aromatic heterocycles. The molecule has 0 N–H and O–H groups in total. The summed E-state index contributed by atoms with van der Waals surface area (Å²) in [6.07, 6.45) is 5.45. The van der Waals surface area contributed by atoms with E-state index in [0.717, 1.165) is 6.42 Å². The molecule has 0 fully saturated rings. The average Bonchev–Trinajstić information content (AvgIpc) is 2.34. The lowest BCUT2D eigenvalue weighted by Crippen LogP contribution is -2.27. The van der Waals surface area contributed by atoms with Gasteiger partial charge in [-0.25, -0.2) is 0 Å². The summed E-state index contributed by atoms with van der Waals surface area (Å²) in [5.74, 6) is -0.290. The summed E-state index contributed by atoms with van der Waals surface area (Å²) >= 11 is 0. The monoisotopic (exact) mass is 205 g/mol. The van der Waals surface area contributed by atoms with Crippen LogP contribution in [-0.2, 0) is 9.59 Å². The first-order chi connectivity index (χ1) is 6.92. The molecule has 2 amide bonds. The number of hydrogen-bond donors (Lipinski definition) is 0. The summed E-state index contributed by atoms with van der Waals surface area (Å²) in [6, 6.07) is 0. The quantitative estimate of drug-likeness (QED) is 0.564. The lowest BCUT2D eigenvalue weighted by atomic mass is 9.87. The molecular formula is C12H15NO2. The van der Waals surface area contributed by atoms with Crippen molar-refractivity contribution in [3.05, 3.63) is 23.3 Å². The number of carbonyl (C=O) groups excluding carboxylic acids is 2. The van der Waals surface area contributed by atoms with Crippen LogP contribution < -0.4 is 0 Å². The summed E-state index contributed by atoms with van der Waals surface area (Å²) < 4.78 is 0. The minimum atomic E-state index is -0.163. The predicted molar refractivity (Wildman–Crippen MR) is 57.0 cm³/mol. The smallest absolute Gasteiger partial charge is 0.260 e. The van der Waals surface area contributed by atoms with E-state index in [2.05, 4.69) is 13.8 Å². The maximum Gasteiger partial charge on any atom is 0.260 e. The molecule has 0 saturated carbocycles. The molecule has 15 heavy (non-hydrogen) atoms. The largest absolute Gasteiger partial charge is 0.278 e. The van der Waals surface area contributed by atoms with Crippen molar-refractivity contribution in [2.24, 2.45) is 5.41 Å². The Kier molecular flexibility index (Phi) is 2.07. The Morgan fingerprint density at radius 2 is 1.93 bits per heavy atom. The second kappa shape index (κ2) is 3.05. The zero-order valence-corrected chi connectivity index (χ0v) is 9.33. The molecule has 0 atom stereocenters. The highest BCUT2D eigenvalue weighted by Crippen LogP contribution is 2.35. The van der Waals surface area contributed by atoms with Crippen molar-refractivity contribution in [1.29, 1.82) is 0 Å². The molecule has 1 heterocycles. The molecule has 0 spiro atoms. The van der Waals surface area contributed by atoms with Gasteiger partial charge in [0, 0.05) is 18.2 Å². The van der Waals surface area contributed by atoms with Gasteiger partial charge in [0.05, 0.1) is 0 Å². The zero-order chi connectivity index (χ0) is 11.2. The molecule has 80 valence electrons. The van der Waals surface area contributed by atoms with Crippen LogP contribution in [0.3, 0.4) is 0 Å². The molecule has 0 bridgehead atoms. The molecular weight excluding hydrogens is 190 g/mol. The Hall–Kier alpha value is -1.38. The Labute approximate surface area is 89.4 Å². The van der Waals surface area contributed by atoms with Crippen LogP contribution in [0, 0.1) is 5.41 Å². The summed E-state index contributed by atoms with van der Waals surface area (Å²) in [5, 5.41) is 0. The second-order valence-electron chi connectivity index (χ2n) is 4.88. The second-order valence-corrected chi connectivity index (χ2v) is 4.88. The standard InChI is InChI=1S/C12H15NO2/c1-12(2)6-4-8-9(5-7-12)11(15)13(3)10(8)14/h4,6H,5,7H2,1-3H3. The minimum absolute atomic E-state index is 0.0729. The summed E-state index contributed by atoms with van der Waals surface area (Å²) in [6.45, 7) is 4.23. The van der Waals surface area contributed by atoms with Gasteiger partial charge >= 0.3 is 0 Å². The van der Waals surface area contributed by atoms with Crippen LogP contribution in [0.15, 0.2) is 23.3 Å². The van der Waals surface area contributed by atoms with Gasteiger partial charge in [-0.15, -0.1) is 0 Å². The van der Waals surface area contributed by atoms with Gasteiger partial charge in [-0.05, 0) is 18.3 Å². The average molecular weight is 205 g/mol. The third-order valence-electron chi connectivity index (χ3n) is 3.14. The first kappa shape index (κ1) is 10.1. The maximum absolute atomic E-state index is 11.7. The molecule has 0 saturated heterocycles. The van der Waals surface area contributed by atoms with Crippen LogP contribution in [0.2, 0.25) is 0 Å². The normalized spacial score (nSPS) is 24.6. The zero-order valence-electron chi connectivity index (χ0n) is 9.33. The van der Waals surface area contributed by atoms with Crippen LogP contribution in [0.25, 0.3) is 0 Å². The Bertz CT molecular complexity index is 402. The third kappa shape index (κ3) is 1.52. The Morgan fingerprint density at radius 3 is 2.60 bits per heavy atom. The Balaban J connectivity index is 2.41. The van der Waals surface area contributed by atoms with Gasteiger partial charge in [0.25, 0.3) is 11.8 Å². The number of nitrogens with zero attached hydrogens (tertiary/aromatic N) is 1. The predicted octanol–water partition coefficient (Wildman–Crippen LogP) is 1.66. The minimum Gasteiger partial charge on any atom is -0.278 e. The molecule has 0 aromatic carbocycles. The van der Waals surface area contributed by atoms with Gasteiger partial charge in [0.2, 0.25) is 0 Å². The highest BCUT2D eigenvalue weighted by molar-refractivity contribution is 6.20. The van der Waals surface area contributed by atoms with Gasteiger partial charge in [-0.1, -0.05) is 26.0 Å². The molecule has 1 aliphatic heterocycles. The van der Waals surface area contributed by atoms with Crippen molar-refractivity contribution >= 4 is 11.8 Å². The lowest BCUT2D eigenvalue weighted by Gasteiger charge is -2.18. The van der Waals surface area contributed by atoms with Gasteiger partial charge in [-0.3, -0.25) is 14.5 Å². The number of amides is 2. The molecule has 2 aliphatic rings. The summed E-state index contributed by atoms with van der Waals surface area (Å²) in [4.78, 5) is 24.6. The van der Waals surface area contributed by atoms with Gasteiger partial charge in [-0.2, -0.15) is 0 Å². The number of hydrogen-bond acceptors (Lipinski definition) is 2. The first-order valence-electron chi connectivity index (χ1n) is 5.17. The highest BCUT2D eigenvalue weighted by Gasteiger charge is 2.36. The van der Waals surface area contributed by atoms with E-state index in [9.17, 15) is 9.59 Å². The van der Waals surface area contributed by atoms with E-state index < -0.39 is 0 Å². The fraction of sp³-hybridized carbons (Fsp3) is 0.500. The number of allylic oxidation sites excluding steroid dienone is 1. The summed E-state index contributed by atoms with van der Waals surface area (Å²) in [5.41, 5.74) is 1.35. The molecule has 3 heteroatoms. The molecule has 2 rings (SSSR count). The van der Waals surface area contributed by atoms with Crippen LogP contribution in [0.4, 0.5) is 0 Å². The summed E-state index contributed by atoms with van der Waals surface area (Å²) in [7, 11) is 1.54. The maximum atomic E-state index is 11.7. The van der Waals surface area contributed by atoms with Gasteiger partial charge in [0.15, 0.2) is 0 Å². The van der Waals surface area contributed by atoms with Crippen molar-refractivity contribution in [2.45, 2.75) is 26.7 Å². The van der Waals surface area contributed by atoms with E-state index >= 15 is 0 Å².